The molecule has 2 N–H and O–H groups in total. The van der Waals surface area contributed by atoms with Crippen molar-refractivity contribution in [1.82, 2.24) is 5.32 Å². The van der Waals surface area contributed by atoms with Gasteiger partial charge in [-0.05, 0) is 102 Å². The molecule has 85 heavy (non-hydrogen) atoms. The first-order chi connectivity index (χ1) is 41.4. The highest BCUT2D eigenvalue weighted by molar-refractivity contribution is 7.47. The van der Waals surface area contributed by atoms with Crippen LogP contribution in [0.5, 0.6) is 0 Å². The summed E-state index contributed by atoms with van der Waals surface area (Å²) in [6.07, 6.45) is 86.0. The summed E-state index contributed by atoms with van der Waals surface area (Å²) >= 11 is 0. The van der Waals surface area contributed by atoms with E-state index < -0.39 is 20.0 Å². The average Bonchev–Trinajstić information content (AvgIpc) is 3.58. The van der Waals surface area contributed by atoms with Crippen LogP contribution in [0.1, 0.15) is 329 Å². The van der Waals surface area contributed by atoms with E-state index in [1.807, 2.05) is 33.3 Å². The molecule has 0 saturated carbocycles. The third-order valence-corrected chi connectivity index (χ3v) is 16.8. The third-order valence-electron chi connectivity index (χ3n) is 15.8. The molecule has 0 aliphatic rings. The number of carbonyl (C=O) groups is 2. The molecule has 0 aromatic heterocycles. The lowest BCUT2D eigenvalue weighted by molar-refractivity contribution is -0.870. The van der Waals surface area contributed by atoms with Crippen molar-refractivity contribution in [3.05, 3.63) is 85.1 Å². The van der Waals surface area contributed by atoms with Gasteiger partial charge in [-0.25, -0.2) is 4.57 Å². The van der Waals surface area contributed by atoms with Crippen LogP contribution in [0.3, 0.4) is 0 Å². The first kappa shape index (κ1) is 82.2. The number of nitrogens with zero attached hydrogens (tertiary/aromatic N) is 1. The van der Waals surface area contributed by atoms with E-state index in [1.54, 1.807) is 0 Å². The predicted octanol–water partition coefficient (Wildman–Crippen LogP) is 22.9. The lowest BCUT2D eigenvalue weighted by atomic mass is 10.0. The number of hydrogen-bond donors (Lipinski definition) is 2. The number of unbranched alkanes of at least 4 members (excludes halogenated alkanes) is 37. The highest BCUT2D eigenvalue weighted by atomic mass is 31.2. The number of phosphoric acid groups is 1. The number of nitrogens with one attached hydrogen (secondary N) is 1. The number of carbonyl (C=O) groups excluding carboxylic acids is 2. The van der Waals surface area contributed by atoms with Gasteiger partial charge in [0.2, 0.25) is 5.91 Å². The zero-order valence-electron chi connectivity index (χ0n) is 56.6. The molecule has 9 nitrogen and oxygen atoms in total. The molecule has 0 aliphatic heterocycles. The maximum absolute atomic E-state index is 13.6. The summed E-state index contributed by atoms with van der Waals surface area (Å²) in [5.41, 5.74) is 0. The van der Waals surface area contributed by atoms with Crippen LogP contribution in [0.15, 0.2) is 85.1 Å². The van der Waals surface area contributed by atoms with Crippen LogP contribution < -0.4 is 5.32 Å². The fourth-order valence-electron chi connectivity index (χ4n) is 10.3. The Kier molecular flexibility index (Phi) is 62.1. The molecule has 1 amide bonds. The van der Waals surface area contributed by atoms with E-state index in [-0.39, 0.29) is 31.5 Å². The van der Waals surface area contributed by atoms with E-state index in [9.17, 15) is 19.0 Å². The predicted molar refractivity (Wildman–Crippen MR) is 369 cm³/mol. The lowest BCUT2D eigenvalue weighted by Crippen LogP contribution is -2.47. The first-order valence-electron chi connectivity index (χ1n) is 35.9. The monoisotopic (exact) mass is 1210 g/mol. The minimum Gasteiger partial charge on any atom is -0.456 e. The highest BCUT2D eigenvalue weighted by Crippen LogP contribution is 2.43. The lowest BCUT2D eigenvalue weighted by Gasteiger charge is -2.27. The Morgan fingerprint density at radius 3 is 1.14 bits per heavy atom. The topological polar surface area (TPSA) is 111 Å². The fourth-order valence-corrected chi connectivity index (χ4v) is 11.1. The van der Waals surface area contributed by atoms with Crippen LogP contribution >= 0.6 is 7.82 Å². The van der Waals surface area contributed by atoms with Gasteiger partial charge in [-0.2, -0.15) is 0 Å². The van der Waals surface area contributed by atoms with E-state index in [0.29, 0.717) is 17.4 Å². The van der Waals surface area contributed by atoms with Crippen LogP contribution in [0, 0.1) is 0 Å². The van der Waals surface area contributed by atoms with Crippen molar-refractivity contribution in [2.45, 2.75) is 341 Å². The van der Waals surface area contributed by atoms with E-state index in [0.717, 1.165) is 103 Å². The molecule has 0 radical (unpaired) electrons. The van der Waals surface area contributed by atoms with Gasteiger partial charge in [-0.3, -0.25) is 18.6 Å². The molecular weight excluding hydrogens is 1070 g/mol. The van der Waals surface area contributed by atoms with Crippen molar-refractivity contribution < 1.29 is 37.3 Å². The van der Waals surface area contributed by atoms with Gasteiger partial charge in [0.15, 0.2) is 0 Å². The number of phosphoric ester groups is 1. The molecule has 0 rings (SSSR count). The molecule has 3 unspecified atom stereocenters. The third kappa shape index (κ3) is 65.5. The summed E-state index contributed by atoms with van der Waals surface area (Å²) in [5.74, 6) is -0.505. The Morgan fingerprint density at radius 1 is 0.424 bits per heavy atom. The SMILES string of the molecule is CC/C=C\C/C=C\C/C=C\C/C=C\C/C=C\CCCCCCCCCCCC(=O)OC(/C=C/CCCCCCCCCCC)C(COP(=O)(O)OCC[N+](C)(C)C)NC(=O)CCCCCCCCCCCCCCC/C=C/CCCCCCCC. The molecule has 0 fully saturated rings. The summed E-state index contributed by atoms with van der Waals surface area (Å²) in [6.45, 7) is 6.92. The smallest absolute Gasteiger partial charge is 0.456 e. The maximum Gasteiger partial charge on any atom is 0.472 e. The fraction of sp³-hybridized carbons (Fsp3) is 0.787. The van der Waals surface area contributed by atoms with Crippen LogP contribution in [0.25, 0.3) is 0 Å². The molecule has 0 spiro atoms. The summed E-state index contributed by atoms with van der Waals surface area (Å²) in [7, 11) is 1.49. The molecule has 10 heteroatoms. The average molecular weight is 1210 g/mol. The highest BCUT2D eigenvalue weighted by Gasteiger charge is 2.30. The van der Waals surface area contributed by atoms with E-state index in [4.69, 9.17) is 13.8 Å². The second-order valence-corrected chi connectivity index (χ2v) is 26.8. The molecule has 494 valence electrons. The second-order valence-electron chi connectivity index (χ2n) is 25.4. The van der Waals surface area contributed by atoms with Gasteiger partial charge in [0.1, 0.15) is 19.3 Å². The van der Waals surface area contributed by atoms with E-state index in [2.05, 4.69) is 99.0 Å². The van der Waals surface area contributed by atoms with Crippen molar-refractivity contribution in [1.29, 1.82) is 0 Å². The minimum atomic E-state index is -4.46. The standard InChI is InChI=1S/C75H137N2O7P/c1-7-10-13-16-19-22-25-27-29-31-33-35-37-38-40-42-44-46-48-50-53-56-59-62-65-68-75(79)84-73(66-63-60-57-54-51-24-21-18-15-12-9-3)72(71-83-85(80,81)82-70-69-77(4,5)6)76-74(78)67-64-61-58-55-52-49-47-45-43-41-39-36-34-32-30-28-26-23-20-17-14-11-8-2/h10,13,19,22,27-30,33,35,38,40,63,66,72-73H,7-9,11-12,14-18,20-21,23-26,31-32,34,36-37,39,41-62,64-65,67-71H2,1-6H3,(H-,76,78,80,81)/p+1/b13-10-,22-19-,29-27-,30-28+,35-33-,40-38-,66-63+. The first-order valence-corrected chi connectivity index (χ1v) is 37.4. The van der Waals surface area contributed by atoms with Crippen LogP contribution in [0.4, 0.5) is 0 Å². The summed E-state index contributed by atoms with van der Waals surface area (Å²) in [6, 6.07) is -0.855. The number of esters is 1. The molecule has 0 bridgehead atoms. The van der Waals surface area contributed by atoms with Gasteiger partial charge in [-0.1, -0.05) is 299 Å². The van der Waals surface area contributed by atoms with Crippen molar-refractivity contribution in [2.24, 2.45) is 0 Å². The summed E-state index contributed by atoms with van der Waals surface area (Å²) in [5, 5.41) is 3.07. The summed E-state index contributed by atoms with van der Waals surface area (Å²) < 4.78 is 30.8. The molecule has 0 aromatic rings. The normalized spacial score (nSPS) is 14.0. The Bertz CT molecular complexity index is 1730. The zero-order chi connectivity index (χ0) is 62.1. The Balaban J connectivity index is 5.02. The Morgan fingerprint density at radius 2 is 0.753 bits per heavy atom. The summed E-state index contributed by atoms with van der Waals surface area (Å²) in [4.78, 5) is 37.9. The van der Waals surface area contributed by atoms with E-state index >= 15 is 0 Å². The molecular formula is C75H138N2O7P+. The van der Waals surface area contributed by atoms with Gasteiger partial charge in [0.25, 0.3) is 0 Å². The van der Waals surface area contributed by atoms with Crippen molar-refractivity contribution in [2.75, 3.05) is 40.9 Å². The number of likely N-dealkylation sites (N-methyl/N-ethyl adjacent to an activating group) is 1. The molecule has 0 aromatic carbocycles. The molecule has 3 atom stereocenters. The van der Waals surface area contributed by atoms with Crippen LogP contribution in [-0.4, -0.2) is 74.3 Å². The minimum absolute atomic E-state index is 0.0373. The quantitative estimate of drug-likeness (QED) is 0.0205. The Labute approximate surface area is 526 Å². The van der Waals surface area contributed by atoms with Crippen LogP contribution in [0.2, 0.25) is 0 Å². The van der Waals surface area contributed by atoms with Gasteiger partial charge >= 0.3 is 13.8 Å². The number of ether oxygens (including phenoxy) is 1. The molecule has 0 saturated heterocycles. The largest absolute Gasteiger partial charge is 0.472 e. The van der Waals surface area contributed by atoms with Crippen molar-refractivity contribution >= 4 is 19.7 Å². The van der Waals surface area contributed by atoms with Gasteiger partial charge in [-0.15, -0.1) is 0 Å². The molecule has 0 aliphatic carbocycles. The van der Waals surface area contributed by atoms with Crippen molar-refractivity contribution in [3.8, 4) is 0 Å². The van der Waals surface area contributed by atoms with Crippen LogP contribution in [-0.2, 0) is 27.9 Å². The number of quaternary nitrogens is 1. The maximum atomic E-state index is 13.6. The second kappa shape index (κ2) is 64.2. The molecule has 0 heterocycles. The van der Waals surface area contributed by atoms with Gasteiger partial charge in [0.05, 0.1) is 33.8 Å². The number of allylic oxidation sites excluding steroid dienone is 13. The van der Waals surface area contributed by atoms with Gasteiger partial charge in [0, 0.05) is 12.8 Å². The Hall–Kier alpha value is -2.81. The van der Waals surface area contributed by atoms with E-state index in [1.165, 1.54) is 193 Å². The van der Waals surface area contributed by atoms with Crippen molar-refractivity contribution in [3.63, 3.8) is 0 Å². The number of amides is 1. The zero-order valence-corrected chi connectivity index (χ0v) is 57.5. The number of rotatable bonds is 65. The number of hydrogen-bond acceptors (Lipinski definition) is 6. The van der Waals surface area contributed by atoms with Gasteiger partial charge < -0.3 is 19.4 Å².